The van der Waals surface area contributed by atoms with Crippen molar-refractivity contribution in [2.24, 2.45) is 0 Å². The Labute approximate surface area is 142 Å². The van der Waals surface area contributed by atoms with Crippen molar-refractivity contribution in [2.45, 2.75) is 59.0 Å². The number of pyridine rings is 1. The van der Waals surface area contributed by atoms with Crippen LogP contribution in [0.2, 0.25) is 0 Å². The topological polar surface area (TPSA) is 77.1 Å². The molecule has 5 nitrogen and oxygen atoms in total. The normalized spacial score (nSPS) is 11.7. The van der Waals surface area contributed by atoms with Crippen molar-refractivity contribution in [3.05, 3.63) is 40.2 Å². The molecule has 1 aromatic carbocycles. The van der Waals surface area contributed by atoms with Gasteiger partial charge in [0.2, 0.25) is 5.43 Å². The second-order valence-electron chi connectivity index (χ2n) is 7.22. The van der Waals surface area contributed by atoms with Crippen molar-refractivity contribution in [1.29, 1.82) is 0 Å². The molecule has 0 aliphatic rings. The summed E-state index contributed by atoms with van der Waals surface area (Å²) in [4.78, 5) is 25.4. The van der Waals surface area contributed by atoms with E-state index in [2.05, 4.69) is 12.2 Å². The van der Waals surface area contributed by atoms with Gasteiger partial charge in [-0.25, -0.2) is 0 Å². The van der Waals surface area contributed by atoms with Crippen LogP contribution in [0.1, 0.15) is 57.3 Å². The Bertz CT molecular complexity index is 801. The molecule has 0 fully saturated rings. The lowest BCUT2D eigenvalue weighted by atomic mass is 10.1. The van der Waals surface area contributed by atoms with Crippen molar-refractivity contribution < 1.29 is 4.79 Å². The molecule has 2 rings (SSSR count). The molecule has 24 heavy (non-hydrogen) atoms. The molecule has 0 atom stereocenters. The van der Waals surface area contributed by atoms with Gasteiger partial charge in [-0.1, -0.05) is 25.8 Å². The van der Waals surface area contributed by atoms with Crippen molar-refractivity contribution in [3.63, 3.8) is 0 Å². The van der Waals surface area contributed by atoms with E-state index >= 15 is 0 Å². The summed E-state index contributed by atoms with van der Waals surface area (Å²) in [5.41, 5.74) is 6.65. The maximum absolute atomic E-state index is 12.8. The number of hydrogen-bond donors (Lipinski definition) is 2. The van der Waals surface area contributed by atoms with E-state index in [0.29, 0.717) is 11.1 Å². The summed E-state index contributed by atoms with van der Waals surface area (Å²) in [5.74, 6) is -0.359. The van der Waals surface area contributed by atoms with Gasteiger partial charge >= 0.3 is 0 Å². The van der Waals surface area contributed by atoms with E-state index < -0.39 is 5.54 Å². The van der Waals surface area contributed by atoms with Gasteiger partial charge in [-0.05, 0) is 39.3 Å². The van der Waals surface area contributed by atoms with Gasteiger partial charge in [-0.15, -0.1) is 0 Å². The Morgan fingerprint density at radius 2 is 1.96 bits per heavy atom. The van der Waals surface area contributed by atoms with Crippen LogP contribution < -0.4 is 16.5 Å². The minimum Gasteiger partial charge on any atom is -0.398 e. The van der Waals surface area contributed by atoms with E-state index in [1.54, 1.807) is 12.3 Å². The number of aryl methyl sites for hydroxylation is 1. The fourth-order valence-corrected chi connectivity index (χ4v) is 2.75. The fourth-order valence-electron chi connectivity index (χ4n) is 2.75. The molecule has 3 N–H and O–H groups in total. The molecule has 1 aromatic heterocycles. The third-order valence-corrected chi connectivity index (χ3v) is 3.88. The third-order valence-electron chi connectivity index (χ3n) is 3.88. The molecule has 2 aromatic rings. The van der Waals surface area contributed by atoms with Crippen molar-refractivity contribution in [1.82, 2.24) is 9.88 Å². The van der Waals surface area contributed by atoms with E-state index in [1.165, 1.54) is 0 Å². The lowest BCUT2D eigenvalue weighted by molar-refractivity contribution is 0.0918. The van der Waals surface area contributed by atoms with Crippen molar-refractivity contribution >= 4 is 22.5 Å². The van der Waals surface area contributed by atoms with Gasteiger partial charge in [-0.3, -0.25) is 9.59 Å². The molecular formula is C19H27N3O2. The molecule has 1 heterocycles. The second kappa shape index (κ2) is 7.07. The number of unbranched alkanes of at least 4 members (excludes halogenated alkanes) is 2. The number of aromatic nitrogens is 1. The predicted octanol–water partition coefficient (Wildman–Crippen LogP) is 3.30. The van der Waals surface area contributed by atoms with Crippen LogP contribution in [0, 0.1) is 0 Å². The number of nitrogens with two attached hydrogens (primary N) is 1. The zero-order valence-corrected chi connectivity index (χ0v) is 15.0. The number of hydrogen-bond acceptors (Lipinski definition) is 3. The second-order valence-corrected chi connectivity index (χ2v) is 7.22. The highest BCUT2D eigenvalue weighted by atomic mass is 16.2. The summed E-state index contributed by atoms with van der Waals surface area (Å²) >= 11 is 0. The summed E-state index contributed by atoms with van der Waals surface area (Å²) in [5, 5.41) is 3.29. The van der Waals surface area contributed by atoms with E-state index in [-0.39, 0.29) is 16.9 Å². The minimum atomic E-state index is -0.409. The molecule has 0 aliphatic carbocycles. The number of anilines is 1. The Morgan fingerprint density at radius 3 is 2.58 bits per heavy atom. The molecule has 0 aliphatic heterocycles. The minimum absolute atomic E-state index is 0.145. The van der Waals surface area contributed by atoms with E-state index in [0.717, 1.165) is 31.3 Å². The Kier molecular flexibility index (Phi) is 5.32. The maximum Gasteiger partial charge on any atom is 0.257 e. The lowest BCUT2D eigenvalue weighted by Crippen LogP contribution is -2.42. The summed E-state index contributed by atoms with van der Waals surface area (Å²) in [6.45, 7) is 8.56. The van der Waals surface area contributed by atoms with E-state index in [9.17, 15) is 9.59 Å². The number of carbonyl (C=O) groups is 1. The molecule has 5 heteroatoms. The fraction of sp³-hybridized carbons (Fsp3) is 0.474. The molecule has 0 saturated heterocycles. The SMILES string of the molecule is CCCCCn1cc(C(=O)NC(C)(C)C)c(=O)c2c(N)cccc21. The summed E-state index contributed by atoms with van der Waals surface area (Å²) in [6.07, 6.45) is 4.86. The Hall–Kier alpha value is -2.30. The molecule has 130 valence electrons. The number of carbonyl (C=O) groups excluding carboxylic acids is 1. The monoisotopic (exact) mass is 329 g/mol. The highest BCUT2D eigenvalue weighted by molar-refractivity contribution is 6.00. The van der Waals surface area contributed by atoms with Gasteiger partial charge in [0.05, 0.1) is 10.9 Å². The molecule has 0 bridgehead atoms. The van der Waals surface area contributed by atoms with Gasteiger partial charge in [0.1, 0.15) is 5.56 Å². The van der Waals surface area contributed by atoms with Gasteiger partial charge < -0.3 is 15.6 Å². The number of benzene rings is 1. The van der Waals surface area contributed by atoms with Crippen LogP contribution in [0.15, 0.2) is 29.2 Å². The van der Waals surface area contributed by atoms with Gasteiger partial charge in [0.15, 0.2) is 0 Å². The highest BCUT2D eigenvalue weighted by Crippen LogP contribution is 2.19. The molecule has 0 radical (unpaired) electrons. The van der Waals surface area contributed by atoms with Gasteiger partial charge in [-0.2, -0.15) is 0 Å². The number of fused-ring (bicyclic) bond motifs is 1. The van der Waals surface area contributed by atoms with Gasteiger partial charge in [0, 0.05) is 24.0 Å². The largest absolute Gasteiger partial charge is 0.398 e. The first-order valence-electron chi connectivity index (χ1n) is 8.48. The van der Waals surface area contributed by atoms with E-state index in [1.807, 2.05) is 37.5 Å². The summed E-state index contributed by atoms with van der Waals surface area (Å²) in [6, 6.07) is 5.42. The molecule has 0 spiro atoms. The molecule has 0 saturated carbocycles. The number of nitrogens with one attached hydrogen (secondary N) is 1. The maximum atomic E-state index is 12.8. The zero-order valence-electron chi connectivity index (χ0n) is 15.0. The first kappa shape index (κ1) is 18.0. The summed E-state index contributed by atoms with van der Waals surface area (Å²) in [7, 11) is 0. The number of nitrogens with zero attached hydrogens (tertiary/aromatic N) is 1. The van der Waals surface area contributed by atoms with Crippen molar-refractivity contribution in [2.75, 3.05) is 5.73 Å². The van der Waals surface area contributed by atoms with Crippen LogP contribution in [0.25, 0.3) is 10.9 Å². The van der Waals surface area contributed by atoms with Crippen LogP contribution in [0.4, 0.5) is 5.69 Å². The number of nitrogen functional groups attached to an aromatic ring is 1. The summed E-state index contributed by atoms with van der Waals surface area (Å²) < 4.78 is 1.97. The van der Waals surface area contributed by atoms with Crippen molar-refractivity contribution in [3.8, 4) is 0 Å². The third kappa shape index (κ3) is 3.96. The van der Waals surface area contributed by atoms with Crippen LogP contribution in [0.3, 0.4) is 0 Å². The quantitative estimate of drug-likeness (QED) is 0.652. The first-order valence-corrected chi connectivity index (χ1v) is 8.48. The molecular weight excluding hydrogens is 302 g/mol. The lowest BCUT2D eigenvalue weighted by Gasteiger charge is -2.21. The Balaban J connectivity index is 2.59. The average Bonchev–Trinajstić information content (AvgIpc) is 2.47. The van der Waals surface area contributed by atoms with Crippen LogP contribution in [-0.4, -0.2) is 16.0 Å². The van der Waals surface area contributed by atoms with Crippen LogP contribution in [-0.2, 0) is 6.54 Å². The number of rotatable bonds is 5. The molecule has 0 unspecified atom stereocenters. The Morgan fingerprint density at radius 1 is 1.25 bits per heavy atom. The first-order chi connectivity index (χ1) is 11.2. The zero-order chi connectivity index (χ0) is 17.9. The standard InChI is InChI=1S/C19H27N3O2/c1-5-6-7-11-22-12-13(18(24)21-19(2,3)4)17(23)16-14(20)9-8-10-15(16)22/h8-10,12H,5-7,11,20H2,1-4H3,(H,21,24). The van der Waals surface area contributed by atoms with Crippen LogP contribution >= 0.6 is 0 Å². The number of amides is 1. The van der Waals surface area contributed by atoms with Gasteiger partial charge in [0.25, 0.3) is 5.91 Å². The predicted molar refractivity (Wildman–Crippen MR) is 99.4 cm³/mol. The smallest absolute Gasteiger partial charge is 0.257 e. The van der Waals surface area contributed by atoms with Crippen LogP contribution in [0.5, 0.6) is 0 Å². The van der Waals surface area contributed by atoms with E-state index in [4.69, 9.17) is 5.73 Å². The average molecular weight is 329 g/mol. The molecule has 1 amide bonds. The highest BCUT2D eigenvalue weighted by Gasteiger charge is 2.20.